The van der Waals surface area contributed by atoms with E-state index in [1.807, 2.05) is 0 Å². The first-order valence-corrected chi connectivity index (χ1v) is 5.97. The van der Waals surface area contributed by atoms with Crippen LogP contribution in [0.1, 0.15) is 11.1 Å². The highest BCUT2D eigenvalue weighted by Crippen LogP contribution is 2.26. The second kappa shape index (κ2) is 6.21. The second-order valence-electron chi connectivity index (χ2n) is 3.93. The molecular formula is C13H11ClFN3O2. The number of aromatic nitrogens is 1. The van der Waals surface area contributed by atoms with Gasteiger partial charge in [-0.25, -0.2) is 4.39 Å². The normalized spacial score (nSPS) is 11.4. The zero-order chi connectivity index (χ0) is 14.5. The molecule has 1 aromatic heterocycles. The highest BCUT2D eigenvalue weighted by atomic mass is 35.5. The number of benzene rings is 1. The van der Waals surface area contributed by atoms with Crippen molar-refractivity contribution < 1.29 is 14.3 Å². The maximum atomic E-state index is 13.0. The Bertz CT molecular complexity index is 649. The summed E-state index contributed by atoms with van der Waals surface area (Å²) < 4.78 is 18.4. The molecular weight excluding hydrogens is 285 g/mol. The molecule has 0 radical (unpaired) electrons. The zero-order valence-corrected chi connectivity index (χ0v) is 11.0. The summed E-state index contributed by atoms with van der Waals surface area (Å²) in [6.45, 7) is 0.132. The zero-order valence-electron chi connectivity index (χ0n) is 10.3. The number of nitrogens with two attached hydrogens (primary N) is 1. The summed E-state index contributed by atoms with van der Waals surface area (Å²) in [4.78, 5) is 3.72. The molecule has 20 heavy (non-hydrogen) atoms. The Hall–Kier alpha value is -2.34. The summed E-state index contributed by atoms with van der Waals surface area (Å²) in [6.07, 6.45) is 2.62. The van der Waals surface area contributed by atoms with Gasteiger partial charge in [0.1, 0.15) is 18.2 Å². The van der Waals surface area contributed by atoms with Crippen LogP contribution in [0.15, 0.2) is 41.8 Å². The molecule has 0 saturated carbocycles. The lowest BCUT2D eigenvalue weighted by molar-refractivity contribution is 0.305. The van der Waals surface area contributed by atoms with Gasteiger partial charge in [-0.05, 0) is 24.3 Å². The Morgan fingerprint density at radius 3 is 2.85 bits per heavy atom. The maximum absolute atomic E-state index is 13.0. The molecule has 5 nitrogen and oxygen atoms in total. The number of hydrogen-bond acceptors (Lipinski definition) is 4. The minimum Gasteiger partial charge on any atom is -0.487 e. The molecule has 104 valence electrons. The molecule has 0 fully saturated rings. The minimum absolute atomic E-state index is 0.0484. The number of halogens is 2. The quantitative estimate of drug-likeness (QED) is 0.393. The van der Waals surface area contributed by atoms with Crippen molar-refractivity contribution in [3.05, 3.63) is 58.6 Å². The molecule has 2 aromatic rings. The second-order valence-corrected chi connectivity index (χ2v) is 4.34. The molecule has 3 N–H and O–H groups in total. The largest absolute Gasteiger partial charge is 0.487 e. The lowest BCUT2D eigenvalue weighted by Crippen LogP contribution is -2.12. The Morgan fingerprint density at radius 1 is 1.40 bits per heavy atom. The smallest absolute Gasteiger partial charge is 0.170 e. The molecule has 0 amide bonds. The number of ether oxygens (including phenoxy) is 1. The van der Waals surface area contributed by atoms with E-state index in [0.717, 1.165) is 6.20 Å². The first-order valence-electron chi connectivity index (χ1n) is 5.60. The van der Waals surface area contributed by atoms with Gasteiger partial charge >= 0.3 is 0 Å². The summed E-state index contributed by atoms with van der Waals surface area (Å²) in [5.41, 5.74) is 6.50. The van der Waals surface area contributed by atoms with Crippen molar-refractivity contribution in [1.29, 1.82) is 0 Å². The lowest BCUT2D eigenvalue weighted by Gasteiger charge is -2.09. The highest BCUT2D eigenvalue weighted by molar-refractivity contribution is 6.32. The van der Waals surface area contributed by atoms with Gasteiger partial charge in [0, 0.05) is 17.3 Å². The summed E-state index contributed by atoms with van der Waals surface area (Å²) in [7, 11) is 0. The molecule has 1 heterocycles. The summed E-state index contributed by atoms with van der Waals surface area (Å²) >= 11 is 6.02. The van der Waals surface area contributed by atoms with Crippen LogP contribution in [-0.2, 0) is 6.61 Å². The number of nitrogens with zero attached hydrogens (tertiary/aromatic N) is 2. The number of hydrogen-bond donors (Lipinski definition) is 2. The number of amidine groups is 1. The maximum Gasteiger partial charge on any atom is 0.170 e. The van der Waals surface area contributed by atoms with Crippen molar-refractivity contribution in [2.75, 3.05) is 0 Å². The monoisotopic (exact) mass is 295 g/mol. The summed E-state index contributed by atoms with van der Waals surface area (Å²) in [5.74, 6) is -0.0716. The van der Waals surface area contributed by atoms with Gasteiger partial charge in [0.15, 0.2) is 5.84 Å². The molecule has 0 aliphatic rings. The molecule has 0 saturated heterocycles. The molecule has 1 aromatic carbocycles. The predicted molar refractivity (Wildman–Crippen MR) is 72.5 cm³/mol. The summed E-state index contributed by atoms with van der Waals surface area (Å²) in [6, 6.07) is 6.02. The van der Waals surface area contributed by atoms with E-state index in [1.165, 1.54) is 18.3 Å². The van der Waals surface area contributed by atoms with Gasteiger partial charge in [-0.1, -0.05) is 16.8 Å². The van der Waals surface area contributed by atoms with Gasteiger partial charge in [0.25, 0.3) is 0 Å². The van der Waals surface area contributed by atoms with Crippen LogP contribution < -0.4 is 10.5 Å². The van der Waals surface area contributed by atoms with Gasteiger partial charge in [-0.15, -0.1) is 0 Å². The van der Waals surface area contributed by atoms with Crippen LogP contribution in [0.5, 0.6) is 5.75 Å². The van der Waals surface area contributed by atoms with Gasteiger partial charge in [0.05, 0.1) is 11.2 Å². The molecule has 7 heteroatoms. The average Bonchev–Trinajstić information content (AvgIpc) is 2.45. The average molecular weight is 296 g/mol. The van der Waals surface area contributed by atoms with Crippen molar-refractivity contribution in [1.82, 2.24) is 4.98 Å². The highest BCUT2D eigenvalue weighted by Gasteiger charge is 2.07. The fourth-order valence-electron chi connectivity index (χ4n) is 1.53. The van der Waals surface area contributed by atoms with E-state index in [0.29, 0.717) is 21.9 Å². The Balaban J connectivity index is 2.11. The number of rotatable bonds is 4. The number of oxime groups is 1. The van der Waals surface area contributed by atoms with Crippen molar-refractivity contribution in [2.24, 2.45) is 10.9 Å². The van der Waals surface area contributed by atoms with E-state index in [4.69, 9.17) is 27.3 Å². The van der Waals surface area contributed by atoms with Crippen LogP contribution in [0.3, 0.4) is 0 Å². The van der Waals surface area contributed by atoms with Crippen LogP contribution in [0.4, 0.5) is 4.39 Å². The third-order valence-corrected chi connectivity index (χ3v) is 2.79. The van der Waals surface area contributed by atoms with Gasteiger partial charge < -0.3 is 15.7 Å². The molecule has 0 aliphatic heterocycles. The van der Waals surface area contributed by atoms with E-state index in [1.54, 1.807) is 12.1 Å². The van der Waals surface area contributed by atoms with E-state index in [9.17, 15) is 4.39 Å². The van der Waals surface area contributed by atoms with E-state index < -0.39 is 5.82 Å². The summed E-state index contributed by atoms with van der Waals surface area (Å²) in [5, 5.41) is 11.8. The molecule has 0 aliphatic carbocycles. The third kappa shape index (κ3) is 3.36. The van der Waals surface area contributed by atoms with Crippen LogP contribution in [0, 0.1) is 5.82 Å². The minimum atomic E-state index is -0.431. The lowest BCUT2D eigenvalue weighted by atomic mass is 10.2. The standard InChI is InChI=1S/C13H11ClFN3O2/c14-11-4-9(13(16)18-19)1-2-12(11)20-7-8-3-10(15)6-17-5-8/h1-6,19H,7H2,(H2,16,18). The van der Waals surface area contributed by atoms with Gasteiger partial charge in [-0.3, -0.25) is 4.98 Å². The molecule has 0 unspecified atom stereocenters. The Labute approximate surface area is 119 Å². The van der Waals surface area contributed by atoms with Crippen molar-refractivity contribution in [3.8, 4) is 5.75 Å². The van der Waals surface area contributed by atoms with Crippen LogP contribution in [0.25, 0.3) is 0 Å². The molecule has 0 bridgehead atoms. The molecule has 0 atom stereocenters. The van der Waals surface area contributed by atoms with Crippen LogP contribution in [0.2, 0.25) is 5.02 Å². The van der Waals surface area contributed by atoms with E-state index >= 15 is 0 Å². The fraction of sp³-hybridized carbons (Fsp3) is 0.0769. The van der Waals surface area contributed by atoms with E-state index in [2.05, 4.69) is 10.1 Å². The van der Waals surface area contributed by atoms with Crippen molar-refractivity contribution >= 4 is 17.4 Å². The topological polar surface area (TPSA) is 80.7 Å². The fourth-order valence-corrected chi connectivity index (χ4v) is 1.77. The predicted octanol–water partition coefficient (Wildman–Crippen LogP) is 2.55. The third-order valence-electron chi connectivity index (χ3n) is 2.49. The Morgan fingerprint density at radius 2 is 2.20 bits per heavy atom. The van der Waals surface area contributed by atoms with Crippen molar-refractivity contribution in [2.45, 2.75) is 6.61 Å². The Kier molecular flexibility index (Phi) is 4.37. The van der Waals surface area contributed by atoms with Crippen LogP contribution in [-0.4, -0.2) is 16.0 Å². The van der Waals surface area contributed by atoms with E-state index in [-0.39, 0.29) is 12.4 Å². The van der Waals surface area contributed by atoms with Crippen LogP contribution >= 0.6 is 11.6 Å². The first kappa shape index (κ1) is 14.1. The van der Waals surface area contributed by atoms with Gasteiger partial charge in [0.2, 0.25) is 0 Å². The SMILES string of the molecule is N/C(=N/O)c1ccc(OCc2cncc(F)c2)c(Cl)c1. The van der Waals surface area contributed by atoms with Gasteiger partial charge in [-0.2, -0.15) is 0 Å². The molecule has 0 spiro atoms. The first-order chi connectivity index (χ1) is 9.60. The molecule has 2 rings (SSSR count). The van der Waals surface area contributed by atoms with Crippen molar-refractivity contribution in [3.63, 3.8) is 0 Å². The number of pyridine rings is 1.